The van der Waals surface area contributed by atoms with Crippen molar-refractivity contribution in [3.63, 3.8) is 0 Å². The molecule has 0 fully saturated rings. The van der Waals surface area contributed by atoms with E-state index in [1.807, 2.05) is 31.2 Å². The number of sulfonamides is 1. The molecular weight excluding hydrogens is 404 g/mol. The van der Waals surface area contributed by atoms with Gasteiger partial charge in [-0.1, -0.05) is 30.3 Å². The molecule has 1 N–H and O–H groups in total. The zero-order valence-electron chi connectivity index (χ0n) is 17.3. The Bertz CT molecular complexity index is 977. The van der Waals surface area contributed by atoms with Gasteiger partial charge in [0.2, 0.25) is 10.0 Å². The van der Waals surface area contributed by atoms with Crippen molar-refractivity contribution in [3.05, 3.63) is 54.1 Å². The van der Waals surface area contributed by atoms with E-state index in [0.717, 1.165) is 24.2 Å². The summed E-state index contributed by atoms with van der Waals surface area (Å²) in [6, 6.07) is 14.7. The molecule has 0 aromatic heterocycles. The van der Waals surface area contributed by atoms with Crippen LogP contribution in [0.25, 0.3) is 0 Å². The Labute approximate surface area is 178 Å². The standard InChI is InChI=1S/C22H28N2O5S/c1-3-28-19-13-7-5-10-17(19)11-9-15-23-22(25)21-16-24(30(26,27)4-2)18-12-6-8-14-20(18)29-21/h5-8,10,12-14,21H,3-4,9,11,15-16H2,1-2H3,(H,23,25). The second-order valence-electron chi connectivity index (χ2n) is 6.94. The van der Waals surface area contributed by atoms with Gasteiger partial charge in [-0.15, -0.1) is 0 Å². The molecule has 0 saturated heterocycles. The summed E-state index contributed by atoms with van der Waals surface area (Å²) in [6.45, 7) is 4.56. The number of aryl methyl sites for hydroxylation is 1. The molecule has 30 heavy (non-hydrogen) atoms. The van der Waals surface area contributed by atoms with Gasteiger partial charge in [0.1, 0.15) is 11.5 Å². The molecule has 0 radical (unpaired) electrons. The monoisotopic (exact) mass is 432 g/mol. The number of rotatable bonds is 9. The highest BCUT2D eigenvalue weighted by atomic mass is 32.2. The molecule has 0 saturated carbocycles. The minimum absolute atomic E-state index is 0.0355. The van der Waals surface area contributed by atoms with Crippen LogP contribution in [0.3, 0.4) is 0 Å². The van der Waals surface area contributed by atoms with Crippen LogP contribution >= 0.6 is 0 Å². The van der Waals surface area contributed by atoms with Crippen molar-refractivity contribution >= 4 is 21.6 Å². The van der Waals surface area contributed by atoms with Crippen LogP contribution in [0.5, 0.6) is 11.5 Å². The van der Waals surface area contributed by atoms with Gasteiger partial charge in [0.15, 0.2) is 6.10 Å². The third kappa shape index (κ3) is 5.05. The number of fused-ring (bicyclic) bond motifs is 1. The van der Waals surface area contributed by atoms with Gasteiger partial charge >= 0.3 is 0 Å². The average molecular weight is 433 g/mol. The van der Waals surface area contributed by atoms with Crippen LogP contribution in [0.2, 0.25) is 0 Å². The summed E-state index contributed by atoms with van der Waals surface area (Å²) in [5.41, 5.74) is 1.56. The smallest absolute Gasteiger partial charge is 0.263 e. The van der Waals surface area contributed by atoms with Crippen LogP contribution in [0.4, 0.5) is 5.69 Å². The van der Waals surface area contributed by atoms with Crippen LogP contribution in [-0.2, 0) is 21.2 Å². The Morgan fingerprint density at radius 3 is 2.67 bits per heavy atom. The van der Waals surface area contributed by atoms with Crippen molar-refractivity contribution in [2.75, 3.05) is 29.8 Å². The molecule has 1 aliphatic rings. The summed E-state index contributed by atoms with van der Waals surface area (Å²) in [6.07, 6.45) is 0.606. The van der Waals surface area contributed by atoms with E-state index in [1.54, 1.807) is 31.2 Å². The molecule has 162 valence electrons. The quantitative estimate of drug-likeness (QED) is 0.616. The van der Waals surface area contributed by atoms with Crippen LogP contribution in [0, 0.1) is 0 Å². The highest BCUT2D eigenvalue weighted by molar-refractivity contribution is 7.92. The largest absolute Gasteiger partial charge is 0.494 e. The zero-order valence-corrected chi connectivity index (χ0v) is 18.2. The minimum atomic E-state index is -3.51. The predicted molar refractivity (Wildman–Crippen MR) is 117 cm³/mol. The van der Waals surface area contributed by atoms with Crippen LogP contribution in [0.1, 0.15) is 25.8 Å². The zero-order chi connectivity index (χ0) is 21.6. The number of benzene rings is 2. The van der Waals surface area contributed by atoms with E-state index in [0.29, 0.717) is 24.6 Å². The van der Waals surface area contributed by atoms with Gasteiger partial charge in [0.25, 0.3) is 5.91 Å². The molecule has 1 amide bonds. The van der Waals surface area contributed by atoms with E-state index in [9.17, 15) is 13.2 Å². The minimum Gasteiger partial charge on any atom is -0.494 e. The highest BCUT2D eigenvalue weighted by Crippen LogP contribution is 2.35. The van der Waals surface area contributed by atoms with Crippen LogP contribution in [0.15, 0.2) is 48.5 Å². The molecule has 7 nitrogen and oxygen atoms in total. The third-order valence-electron chi connectivity index (χ3n) is 4.92. The first-order valence-corrected chi connectivity index (χ1v) is 11.8. The lowest BCUT2D eigenvalue weighted by molar-refractivity contribution is -0.127. The molecule has 1 heterocycles. The summed E-state index contributed by atoms with van der Waals surface area (Å²) in [7, 11) is -3.51. The fraction of sp³-hybridized carbons (Fsp3) is 0.409. The fourth-order valence-corrected chi connectivity index (χ4v) is 4.49. The predicted octanol–water partition coefficient (Wildman–Crippen LogP) is 2.75. The first-order chi connectivity index (χ1) is 14.5. The number of nitrogens with one attached hydrogen (secondary N) is 1. The molecule has 2 aromatic rings. The summed E-state index contributed by atoms with van der Waals surface area (Å²) in [5, 5.41) is 2.87. The summed E-state index contributed by atoms with van der Waals surface area (Å²) in [4.78, 5) is 12.7. The molecule has 2 aromatic carbocycles. The van der Waals surface area contributed by atoms with Crippen molar-refractivity contribution in [1.82, 2.24) is 5.32 Å². The second kappa shape index (κ2) is 9.84. The number of anilines is 1. The van der Waals surface area contributed by atoms with Gasteiger partial charge in [-0.3, -0.25) is 9.10 Å². The van der Waals surface area contributed by atoms with E-state index in [4.69, 9.17) is 9.47 Å². The van der Waals surface area contributed by atoms with Crippen molar-refractivity contribution in [1.29, 1.82) is 0 Å². The fourth-order valence-electron chi connectivity index (χ4n) is 3.37. The maximum Gasteiger partial charge on any atom is 0.263 e. The number of amides is 1. The second-order valence-corrected chi connectivity index (χ2v) is 9.12. The van der Waals surface area contributed by atoms with Crippen LogP contribution < -0.4 is 19.1 Å². The lowest BCUT2D eigenvalue weighted by Crippen LogP contribution is -2.51. The number of ether oxygens (including phenoxy) is 2. The van der Waals surface area contributed by atoms with Crippen LogP contribution in [-0.4, -0.2) is 45.9 Å². The topological polar surface area (TPSA) is 84.9 Å². The van der Waals surface area contributed by atoms with Crippen molar-refractivity contribution in [3.8, 4) is 11.5 Å². The van der Waals surface area contributed by atoms with E-state index >= 15 is 0 Å². The Kier molecular flexibility index (Phi) is 7.20. The Hall–Kier alpha value is -2.74. The molecule has 0 spiro atoms. The van der Waals surface area contributed by atoms with Crippen molar-refractivity contribution in [2.24, 2.45) is 0 Å². The molecule has 1 aliphatic heterocycles. The maximum absolute atomic E-state index is 12.7. The summed E-state index contributed by atoms with van der Waals surface area (Å²) >= 11 is 0. The third-order valence-corrected chi connectivity index (χ3v) is 6.67. The van der Waals surface area contributed by atoms with E-state index in [-0.39, 0.29) is 18.2 Å². The number of para-hydroxylation sites is 3. The summed E-state index contributed by atoms with van der Waals surface area (Å²) in [5.74, 6) is 0.888. The van der Waals surface area contributed by atoms with E-state index < -0.39 is 16.1 Å². The van der Waals surface area contributed by atoms with Gasteiger partial charge in [0.05, 0.1) is 24.6 Å². The highest BCUT2D eigenvalue weighted by Gasteiger charge is 2.35. The average Bonchev–Trinajstić information content (AvgIpc) is 2.77. The molecule has 0 aliphatic carbocycles. The van der Waals surface area contributed by atoms with E-state index in [2.05, 4.69) is 5.32 Å². The molecule has 1 atom stereocenters. The molecular formula is C22H28N2O5S. The number of hydrogen-bond donors (Lipinski definition) is 1. The molecule has 1 unspecified atom stereocenters. The molecule has 3 rings (SSSR count). The Morgan fingerprint density at radius 1 is 1.17 bits per heavy atom. The molecule has 0 bridgehead atoms. The SMILES string of the molecule is CCOc1ccccc1CCCNC(=O)C1CN(S(=O)(=O)CC)c2ccccc2O1. The number of carbonyl (C=O) groups excluding carboxylic acids is 1. The first-order valence-electron chi connectivity index (χ1n) is 10.2. The Balaban J connectivity index is 1.60. The number of hydrogen-bond acceptors (Lipinski definition) is 5. The lowest BCUT2D eigenvalue weighted by atomic mass is 10.1. The van der Waals surface area contributed by atoms with Gasteiger partial charge in [0, 0.05) is 6.54 Å². The molecule has 8 heteroatoms. The van der Waals surface area contributed by atoms with Gasteiger partial charge in [-0.25, -0.2) is 8.42 Å². The van der Waals surface area contributed by atoms with Gasteiger partial charge < -0.3 is 14.8 Å². The number of nitrogens with zero attached hydrogens (tertiary/aromatic N) is 1. The number of carbonyl (C=O) groups is 1. The van der Waals surface area contributed by atoms with E-state index in [1.165, 1.54) is 4.31 Å². The normalized spacial score (nSPS) is 15.8. The van der Waals surface area contributed by atoms with Crippen molar-refractivity contribution in [2.45, 2.75) is 32.8 Å². The van der Waals surface area contributed by atoms with Gasteiger partial charge in [-0.05, 0) is 50.5 Å². The first kappa shape index (κ1) is 22.0. The maximum atomic E-state index is 12.7. The summed E-state index contributed by atoms with van der Waals surface area (Å²) < 4.78 is 37.7. The van der Waals surface area contributed by atoms with Crippen molar-refractivity contribution < 1.29 is 22.7 Å². The van der Waals surface area contributed by atoms with Gasteiger partial charge in [-0.2, -0.15) is 0 Å². The Morgan fingerprint density at radius 2 is 1.90 bits per heavy atom. The lowest BCUT2D eigenvalue weighted by Gasteiger charge is -2.34.